The third-order valence-electron chi connectivity index (χ3n) is 4.19. The number of rotatable bonds is 7. The molecule has 0 radical (unpaired) electrons. The number of carbonyl (C=O) groups excluding carboxylic acids is 1. The van der Waals surface area contributed by atoms with Crippen molar-refractivity contribution in [2.24, 2.45) is 11.8 Å². The van der Waals surface area contributed by atoms with Gasteiger partial charge in [0.1, 0.15) is 0 Å². The van der Waals surface area contributed by atoms with E-state index in [1.54, 1.807) is 4.90 Å². The van der Waals surface area contributed by atoms with Gasteiger partial charge in [0.2, 0.25) is 0 Å². The Morgan fingerprint density at radius 2 is 2.05 bits per heavy atom. The van der Waals surface area contributed by atoms with Crippen molar-refractivity contribution in [1.82, 2.24) is 15.1 Å². The summed E-state index contributed by atoms with van der Waals surface area (Å²) in [7, 11) is 0. The fourth-order valence-corrected chi connectivity index (χ4v) is 3.13. The highest BCUT2D eigenvalue weighted by atomic mass is 16.4. The van der Waals surface area contributed by atoms with E-state index in [-0.39, 0.29) is 18.0 Å². The Hall–Kier alpha value is -1.30. The number of nitrogens with one attached hydrogen (secondary N) is 1. The summed E-state index contributed by atoms with van der Waals surface area (Å²) in [6.07, 6.45) is 1.74. The molecule has 1 fully saturated rings. The second-order valence-electron chi connectivity index (χ2n) is 6.52. The monoisotopic (exact) mass is 313 g/mol. The lowest BCUT2D eigenvalue weighted by atomic mass is 9.91. The van der Waals surface area contributed by atoms with Gasteiger partial charge in [-0.1, -0.05) is 20.8 Å². The van der Waals surface area contributed by atoms with Gasteiger partial charge >= 0.3 is 12.0 Å². The lowest BCUT2D eigenvalue weighted by Gasteiger charge is -2.35. The smallest absolute Gasteiger partial charge is 0.317 e. The quantitative estimate of drug-likeness (QED) is 0.752. The van der Waals surface area contributed by atoms with Crippen molar-refractivity contribution in [1.29, 1.82) is 0 Å². The molecule has 0 aromatic heterocycles. The van der Waals surface area contributed by atoms with Crippen molar-refractivity contribution >= 4 is 12.0 Å². The lowest BCUT2D eigenvalue weighted by Crippen LogP contribution is -2.53. The van der Waals surface area contributed by atoms with Crippen molar-refractivity contribution < 1.29 is 14.7 Å². The summed E-state index contributed by atoms with van der Waals surface area (Å²) in [6, 6.07) is -0.0858. The van der Waals surface area contributed by atoms with Gasteiger partial charge in [-0.25, -0.2) is 4.79 Å². The number of nitrogens with zero attached hydrogens (tertiary/aromatic N) is 2. The highest BCUT2D eigenvalue weighted by molar-refractivity contribution is 5.76. The van der Waals surface area contributed by atoms with E-state index in [4.69, 9.17) is 0 Å². The van der Waals surface area contributed by atoms with Crippen LogP contribution in [0.1, 0.15) is 40.5 Å². The maximum absolute atomic E-state index is 12.4. The Labute approximate surface area is 133 Å². The molecule has 1 rings (SSSR count). The third kappa shape index (κ3) is 5.83. The molecule has 0 spiro atoms. The summed E-state index contributed by atoms with van der Waals surface area (Å²) in [4.78, 5) is 27.5. The van der Waals surface area contributed by atoms with Gasteiger partial charge in [0.15, 0.2) is 0 Å². The van der Waals surface area contributed by atoms with Crippen molar-refractivity contribution in [3.8, 4) is 0 Å². The van der Waals surface area contributed by atoms with Crippen LogP contribution >= 0.6 is 0 Å². The van der Waals surface area contributed by atoms with Crippen LogP contribution in [-0.4, -0.2) is 65.7 Å². The van der Waals surface area contributed by atoms with Crippen LogP contribution in [0.25, 0.3) is 0 Å². The molecule has 6 heteroatoms. The lowest BCUT2D eigenvalue weighted by molar-refractivity contribution is -0.143. The van der Waals surface area contributed by atoms with Crippen LogP contribution in [-0.2, 0) is 4.79 Å². The average molecular weight is 313 g/mol. The van der Waals surface area contributed by atoms with Gasteiger partial charge in [-0.2, -0.15) is 0 Å². The number of carboxylic acids is 1. The number of likely N-dealkylation sites (N-methyl/N-ethyl adjacent to an activating group) is 1. The molecular weight excluding hydrogens is 282 g/mol. The zero-order valence-corrected chi connectivity index (χ0v) is 14.3. The van der Waals surface area contributed by atoms with Gasteiger partial charge in [-0.3, -0.25) is 4.79 Å². The fraction of sp³-hybridized carbons (Fsp3) is 0.875. The minimum Gasteiger partial charge on any atom is -0.481 e. The minimum absolute atomic E-state index is 0.0551. The van der Waals surface area contributed by atoms with Gasteiger partial charge in [0, 0.05) is 25.7 Å². The minimum atomic E-state index is -0.808. The highest BCUT2D eigenvalue weighted by Crippen LogP contribution is 2.21. The largest absolute Gasteiger partial charge is 0.481 e. The number of piperidine rings is 1. The van der Waals surface area contributed by atoms with Crippen molar-refractivity contribution in [2.45, 2.75) is 46.6 Å². The number of urea groups is 1. The van der Waals surface area contributed by atoms with Crippen molar-refractivity contribution in [3.05, 3.63) is 0 Å². The maximum atomic E-state index is 12.4. The van der Waals surface area contributed by atoms with E-state index in [9.17, 15) is 14.7 Å². The summed E-state index contributed by atoms with van der Waals surface area (Å²) >= 11 is 0. The molecule has 2 N–H and O–H groups in total. The first-order valence-electron chi connectivity index (χ1n) is 8.37. The Morgan fingerprint density at radius 1 is 1.36 bits per heavy atom. The molecule has 128 valence electrons. The number of aliphatic carboxylic acids is 1. The Balaban J connectivity index is 2.50. The molecule has 1 heterocycles. The standard InChI is InChI=1S/C16H31N3O3/c1-5-7-18(6-2)10-13(4)17-16(22)19-9-12(3)8-14(11-19)15(20)21/h12-14H,5-11H2,1-4H3,(H,17,22)(H,20,21)/t12?,13-,14?/m0/s1. The van der Waals surface area contributed by atoms with Crippen LogP contribution in [0.5, 0.6) is 0 Å². The summed E-state index contributed by atoms with van der Waals surface area (Å²) in [6.45, 7) is 12.0. The van der Waals surface area contributed by atoms with Crippen LogP contribution in [0.15, 0.2) is 0 Å². The topological polar surface area (TPSA) is 72.9 Å². The molecule has 2 unspecified atom stereocenters. The summed E-state index contributed by atoms with van der Waals surface area (Å²) in [5.41, 5.74) is 0. The zero-order valence-electron chi connectivity index (χ0n) is 14.3. The third-order valence-corrected chi connectivity index (χ3v) is 4.19. The SMILES string of the molecule is CCCN(CC)C[C@H](C)NC(=O)N1CC(C)CC(C(=O)O)C1. The molecule has 0 aromatic rings. The van der Waals surface area contributed by atoms with Crippen molar-refractivity contribution in [3.63, 3.8) is 0 Å². The number of likely N-dealkylation sites (tertiary alicyclic amines) is 1. The van der Waals surface area contributed by atoms with Crippen LogP contribution in [0.2, 0.25) is 0 Å². The molecule has 1 aliphatic heterocycles. The van der Waals surface area contributed by atoms with E-state index in [2.05, 4.69) is 24.1 Å². The van der Waals surface area contributed by atoms with Gasteiger partial charge < -0.3 is 20.2 Å². The number of amides is 2. The molecule has 22 heavy (non-hydrogen) atoms. The van der Waals surface area contributed by atoms with Crippen LogP contribution < -0.4 is 5.32 Å². The second-order valence-corrected chi connectivity index (χ2v) is 6.52. The Morgan fingerprint density at radius 3 is 2.59 bits per heavy atom. The Bertz CT molecular complexity index is 376. The predicted octanol–water partition coefficient (Wildman–Crippen LogP) is 1.86. The number of carboxylic acid groups (broad SMARTS) is 1. The highest BCUT2D eigenvalue weighted by Gasteiger charge is 2.32. The van der Waals surface area contributed by atoms with E-state index in [0.29, 0.717) is 19.5 Å². The van der Waals surface area contributed by atoms with E-state index >= 15 is 0 Å². The molecule has 1 aliphatic rings. The van der Waals surface area contributed by atoms with Gasteiger partial charge in [0.05, 0.1) is 5.92 Å². The number of hydrogen-bond acceptors (Lipinski definition) is 3. The van der Waals surface area contributed by atoms with Gasteiger partial charge in [-0.05, 0) is 38.8 Å². The first-order valence-corrected chi connectivity index (χ1v) is 8.37. The molecule has 1 saturated heterocycles. The molecule has 6 nitrogen and oxygen atoms in total. The molecule has 2 amide bonds. The summed E-state index contributed by atoms with van der Waals surface area (Å²) in [5.74, 6) is -1.03. The van der Waals surface area contributed by atoms with Crippen LogP contribution in [0.4, 0.5) is 4.79 Å². The molecule has 0 bridgehead atoms. The van der Waals surface area contributed by atoms with Crippen LogP contribution in [0, 0.1) is 11.8 Å². The van der Waals surface area contributed by atoms with Crippen molar-refractivity contribution in [2.75, 3.05) is 32.7 Å². The van der Waals surface area contributed by atoms with E-state index in [1.807, 2.05) is 13.8 Å². The van der Waals surface area contributed by atoms with Crippen LogP contribution in [0.3, 0.4) is 0 Å². The van der Waals surface area contributed by atoms with E-state index < -0.39 is 11.9 Å². The maximum Gasteiger partial charge on any atom is 0.317 e. The Kier molecular flexibility index (Phi) is 7.65. The van der Waals surface area contributed by atoms with E-state index in [0.717, 1.165) is 26.1 Å². The molecular formula is C16H31N3O3. The van der Waals surface area contributed by atoms with E-state index in [1.165, 1.54) is 0 Å². The normalized spacial score (nSPS) is 23.4. The predicted molar refractivity (Wildman–Crippen MR) is 86.9 cm³/mol. The summed E-state index contributed by atoms with van der Waals surface area (Å²) in [5, 5.41) is 12.2. The average Bonchev–Trinajstić information content (AvgIpc) is 2.45. The zero-order chi connectivity index (χ0) is 16.7. The molecule has 0 aliphatic carbocycles. The molecule has 0 aromatic carbocycles. The number of hydrogen-bond donors (Lipinski definition) is 2. The van der Waals surface area contributed by atoms with Gasteiger partial charge in [0.25, 0.3) is 0 Å². The first-order chi connectivity index (χ1) is 10.4. The van der Waals surface area contributed by atoms with Gasteiger partial charge in [-0.15, -0.1) is 0 Å². The first kappa shape index (κ1) is 18.7. The molecule has 0 saturated carbocycles. The fourth-order valence-electron chi connectivity index (χ4n) is 3.13. The number of carbonyl (C=O) groups is 2. The second kappa shape index (κ2) is 8.98. The summed E-state index contributed by atoms with van der Waals surface area (Å²) < 4.78 is 0. The molecule has 3 atom stereocenters.